The Bertz CT molecular complexity index is 732. The standard InChI is InChI=1S/C18H15BrO/c1-13-2-4-14(5-3-13)12-20-18-9-7-15-10-17(19)8-6-16(15)11-18/h2-11H,12H2,1H3. The Morgan fingerprint density at radius 1 is 0.850 bits per heavy atom. The quantitative estimate of drug-likeness (QED) is 0.618. The number of fused-ring (bicyclic) bond motifs is 1. The summed E-state index contributed by atoms with van der Waals surface area (Å²) in [5.41, 5.74) is 2.46. The van der Waals surface area contributed by atoms with E-state index in [-0.39, 0.29) is 0 Å². The average molecular weight is 327 g/mol. The largest absolute Gasteiger partial charge is 0.489 e. The molecular formula is C18H15BrO. The Kier molecular flexibility index (Phi) is 3.75. The number of halogens is 1. The second-order valence-corrected chi connectivity index (χ2v) is 5.84. The third-order valence-electron chi connectivity index (χ3n) is 3.30. The Balaban J connectivity index is 1.77. The van der Waals surface area contributed by atoms with Crippen molar-refractivity contribution < 1.29 is 4.74 Å². The fourth-order valence-electron chi connectivity index (χ4n) is 2.14. The predicted octanol–water partition coefficient (Wildman–Crippen LogP) is 5.49. The van der Waals surface area contributed by atoms with Gasteiger partial charge in [-0.25, -0.2) is 0 Å². The van der Waals surface area contributed by atoms with Crippen LogP contribution in [0.5, 0.6) is 5.75 Å². The average Bonchev–Trinajstić information content (AvgIpc) is 2.46. The summed E-state index contributed by atoms with van der Waals surface area (Å²) in [5.74, 6) is 0.903. The van der Waals surface area contributed by atoms with Gasteiger partial charge in [-0.2, -0.15) is 0 Å². The number of ether oxygens (including phenoxy) is 1. The maximum atomic E-state index is 5.86. The van der Waals surface area contributed by atoms with Crippen LogP contribution >= 0.6 is 15.9 Å². The molecule has 0 radical (unpaired) electrons. The third-order valence-corrected chi connectivity index (χ3v) is 3.79. The molecule has 0 fully saturated rings. The third kappa shape index (κ3) is 3.02. The molecule has 0 bridgehead atoms. The van der Waals surface area contributed by atoms with Crippen molar-refractivity contribution in [1.29, 1.82) is 0 Å². The molecule has 1 nitrogen and oxygen atoms in total. The molecule has 0 saturated heterocycles. The van der Waals surface area contributed by atoms with Gasteiger partial charge in [0.2, 0.25) is 0 Å². The molecule has 0 aromatic heterocycles. The van der Waals surface area contributed by atoms with Gasteiger partial charge < -0.3 is 4.74 Å². The van der Waals surface area contributed by atoms with Crippen LogP contribution in [-0.4, -0.2) is 0 Å². The Hall–Kier alpha value is -1.80. The van der Waals surface area contributed by atoms with Gasteiger partial charge in [0.15, 0.2) is 0 Å². The first kappa shape index (κ1) is 13.2. The molecule has 0 amide bonds. The highest BCUT2D eigenvalue weighted by molar-refractivity contribution is 9.10. The van der Waals surface area contributed by atoms with Crippen LogP contribution in [0, 0.1) is 6.92 Å². The fraction of sp³-hybridized carbons (Fsp3) is 0.111. The zero-order chi connectivity index (χ0) is 13.9. The van der Waals surface area contributed by atoms with Gasteiger partial charge in [0.05, 0.1) is 0 Å². The maximum Gasteiger partial charge on any atom is 0.120 e. The Morgan fingerprint density at radius 3 is 2.35 bits per heavy atom. The monoisotopic (exact) mass is 326 g/mol. The molecular weight excluding hydrogens is 312 g/mol. The molecule has 20 heavy (non-hydrogen) atoms. The van der Waals surface area contributed by atoms with Gasteiger partial charge in [0.1, 0.15) is 12.4 Å². The number of hydrogen-bond donors (Lipinski definition) is 0. The highest BCUT2D eigenvalue weighted by Crippen LogP contribution is 2.24. The van der Waals surface area contributed by atoms with Crippen LogP contribution < -0.4 is 4.74 Å². The minimum absolute atomic E-state index is 0.600. The van der Waals surface area contributed by atoms with Crippen molar-refractivity contribution in [3.05, 3.63) is 76.3 Å². The van der Waals surface area contributed by atoms with Gasteiger partial charge in [-0.3, -0.25) is 0 Å². The van der Waals surface area contributed by atoms with Crippen LogP contribution in [0.15, 0.2) is 65.1 Å². The fourth-order valence-corrected chi connectivity index (χ4v) is 2.51. The second-order valence-electron chi connectivity index (χ2n) is 4.93. The Morgan fingerprint density at radius 2 is 1.55 bits per heavy atom. The first-order chi connectivity index (χ1) is 9.70. The molecule has 0 aliphatic rings. The maximum absolute atomic E-state index is 5.86. The van der Waals surface area contributed by atoms with Crippen molar-refractivity contribution in [1.82, 2.24) is 0 Å². The van der Waals surface area contributed by atoms with E-state index in [1.807, 2.05) is 12.1 Å². The van der Waals surface area contributed by atoms with E-state index in [4.69, 9.17) is 4.74 Å². The highest BCUT2D eigenvalue weighted by Gasteiger charge is 1.99. The summed E-state index contributed by atoms with van der Waals surface area (Å²) in [4.78, 5) is 0. The van der Waals surface area contributed by atoms with Crippen LogP contribution in [0.3, 0.4) is 0 Å². The number of aryl methyl sites for hydroxylation is 1. The molecule has 0 N–H and O–H groups in total. The van der Waals surface area contributed by atoms with Gasteiger partial charge in [0.25, 0.3) is 0 Å². The van der Waals surface area contributed by atoms with Crippen LogP contribution in [0.1, 0.15) is 11.1 Å². The lowest BCUT2D eigenvalue weighted by atomic mass is 10.1. The molecule has 0 saturated carbocycles. The van der Waals surface area contributed by atoms with Gasteiger partial charge in [0, 0.05) is 4.47 Å². The lowest BCUT2D eigenvalue weighted by Gasteiger charge is -2.08. The van der Waals surface area contributed by atoms with E-state index in [0.717, 1.165) is 10.2 Å². The van der Waals surface area contributed by atoms with E-state index in [1.54, 1.807) is 0 Å². The van der Waals surface area contributed by atoms with Gasteiger partial charge in [-0.05, 0) is 47.5 Å². The number of rotatable bonds is 3. The van der Waals surface area contributed by atoms with Crippen LogP contribution in [0.2, 0.25) is 0 Å². The van der Waals surface area contributed by atoms with Crippen molar-refractivity contribution in [3.63, 3.8) is 0 Å². The number of hydrogen-bond acceptors (Lipinski definition) is 1. The van der Waals surface area contributed by atoms with E-state index >= 15 is 0 Å². The first-order valence-corrected chi connectivity index (χ1v) is 7.38. The minimum Gasteiger partial charge on any atom is -0.489 e. The molecule has 3 rings (SSSR count). The van der Waals surface area contributed by atoms with E-state index in [9.17, 15) is 0 Å². The summed E-state index contributed by atoms with van der Waals surface area (Å²) in [7, 11) is 0. The van der Waals surface area contributed by atoms with E-state index < -0.39 is 0 Å². The summed E-state index contributed by atoms with van der Waals surface area (Å²) in [6, 6.07) is 20.9. The molecule has 0 unspecified atom stereocenters. The lowest BCUT2D eigenvalue weighted by molar-refractivity contribution is 0.306. The first-order valence-electron chi connectivity index (χ1n) is 6.58. The molecule has 100 valence electrons. The molecule has 0 atom stereocenters. The molecule has 3 aromatic carbocycles. The van der Waals surface area contributed by atoms with Crippen molar-refractivity contribution >= 4 is 26.7 Å². The summed E-state index contributed by atoms with van der Waals surface area (Å²) in [6.07, 6.45) is 0. The molecule has 0 heterocycles. The normalized spacial score (nSPS) is 10.7. The lowest BCUT2D eigenvalue weighted by Crippen LogP contribution is -1.95. The van der Waals surface area contributed by atoms with Gasteiger partial charge in [-0.15, -0.1) is 0 Å². The topological polar surface area (TPSA) is 9.23 Å². The highest BCUT2D eigenvalue weighted by atomic mass is 79.9. The van der Waals surface area contributed by atoms with Crippen LogP contribution in [0.4, 0.5) is 0 Å². The molecule has 2 heteroatoms. The molecule has 0 spiro atoms. The van der Waals surface area contributed by atoms with Crippen molar-refractivity contribution in [2.45, 2.75) is 13.5 Å². The molecule has 3 aromatic rings. The summed E-state index contributed by atoms with van der Waals surface area (Å²) in [6.45, 7) is 2.69. The van der Waals surface area contributed by atoms with Gasteiger partial charge in [-0.1, -0.05) is 57.9 Å². The van der Waals surface area contributed by atoms with Crippen molar-refractivity contribution in [3.8, 4) is 5.75 Å². The van der Waals surface area contributed by atoms with E-state index in [0.29, 0.717) is 6.61 Å². The van der Waals surface area contributed by atoms with Crippen LogP contribution in [-0.2, 0) is 6.61 Å². The molecule has 0 aliphatic carbocycles. The van der Waals surface area contributed by atoms with Crippen LogP contribution in [0.25, 0.3) is 10.8 Å². The summed E-state index contributed by atoms with van der Waals surface area (Å²) in [5, 5.41) is 2.40. The zero-order valence-electron chi connectivity index (χ0n) is 11.3. The van der Waals surface area contributed by atoms with Crippen molar-refractivity contribution in [2.75, 3.05) is 0 Å². The zero-order valence-corrected chi connectivity index (χ0v) is 12.9. The smallest absolute Gasteiger partial charge is 0.120 e. The summed E-state index contributed by atoms with van der Waals surface area (Å²) < 4.78 is 6.95. The predicted molar refractivity (Wildman–Crippen MR) is 87.2 cm³/mol. The second kappa shape index (κ2) is 5.68. The minimum atomic E-state index is 0.600. The van der Waals surface area contributed by atoms with Gasteiger partial charge >= 0.3 is 0 Å². The number of benzene rings is 3. The SMILES string of the molecule is Cc1ccc(COc2ccc3cc(Br)ccc3c2)cc1. The summed E-state index contributed by atoms with van der Waals surface area (Å²) >= 11 is 3.49. The molecule has 0 aliphatic heterocycles. The van der Waals surface area contributed by atoms with E-state index in [2.05, 4.69) is 71.4 Å². The Labute approximate surface area is 127 Å². The van der Waals surface area contributed by atoms with E-state index in [1.165, 1.54) is 21.9 Å². The van der Waals surface area contributed by atoms with Crippen molar-refractivity contribution in [2.24, 2.45) is 0 Å².